The molecule has 23 heavy (non-hydrogen) atoms. The molecule has 0 amide bonds. The zero-order chi connectivity index (χ0) is 16.4. The molecule has 1 unspecified atom stereocenters. The number of fused-ring (bicyclic) bond motifs is 1. The second kappa shape index (κ2) is 6.47. The van der Waals surface area contributed by atoms with Gasteiger partial charge in [0.15, 0.2) is 5.11 Å². The Morgan fingerprint density at radius 1 is 1.26 bits per heavy atom. The number of para-hydroxylation sites is 1. The number of halogens is 2. The van der Waals surface area contributed by atoms with E-state index in [1.807, 2.05) is 42.5 Å². The number of aryl methyl sites for hydroxylation is 1. The number of nitrogens with two attached hydrogens (primary N) is 1. The van der Waals surface area contributed by atoms with Crippen molar-refractivity contribution in [2.45, 2.75) is 11.3 Å². The molecule has 3 N–H and O–H groups in total. The first kappa shape index (κ1) is 16.2. The lowest BCUT2D eigenvalue weighted by molar-refractivity contribution is 0.829. The first-order valence-electron chi connectivity index (χ1n) is 6.97. The van der Waals surface area contributed by atoms with Crippen LogP contribution in [0, 0.1) is 0 Å². The summed E-state index contributed by atoms with van der Waals surface area (Å²) in [5.41, 5.74) is 7.34. The molecule has 1 aliphatic heterocycles. The van der Waals surface area contributed by atoms with Gasteiger partial charge in [0.25, 0.3) is 5.30 Å². The topological polar surface area (TPSA) is 50.4 Å². The number of hydrogen-bond acceptors (Lipinski definition) is 2. The van der Waals surface area contributed by atoms with Crippen LogP contribution in [-0.2, 0) is 6.42 Å². The average molecular weight is 368 g/mol. The highest BCUT2D eigenvalue weighted by molar-refractivity contribution is 8.44. The lowest BCUT2D eigenvalue weighted by Gasteiger charge is -2.35. The minimum atomic E-state index is -2.19. The van der Waals surface area contributed by atoms with E-state index in [1.54, 1.807) is 6.07 Å². The van der Waals surface area contributed by atoms with Crippen molar-refractivity contribution in [1.82, 2.24) is 4.72 Å². The number of thiocarbonyl (C=S) groups is 1. The van der Waals surface area contributed by atoms with Crippen LogP contribution < -0.4 is 10.5 Å². The van der Waals surface area contributed by atoms with E-state index in [2.05, 4.69) is 9.71 Å². The van der Waals surface area contributed by atoms with Crippen LogP contribution in [0.3, 0.4) is 0 Å². The first-order valence-corrected chi connectivity index (χ1v) is 9.56. The lowest BCUT2D eigenvalue weighted by atomic mass is 10.2. The molecule has 0 radical (unpaired) electrons. The van der Waals surface area contributed by atoms with Crippen LogP contribution in [0.4, 0.5) is 10.1 Å². The van der Waals surface area contributed by atoms with Gasteiger partial charge in [0.1, 0.15) is 0 Å². The summed E-state index contributed by atoms with van der Waals surface area (Å²) in [6, 6.07) is 14.9. The summed E-state index contributed by atoms with van der Waals surface area (Å²) in [7, 11) is -2.19. The van der Waals surface area contributed by atoms with E-state index < -0.39 is 15.5 Å². The molecule has 1 heterocycles. The van der Waals surface area contributed by atoms with Crippen LogP contribution >= 0.6 is 34.0 Å². The van der Waals surface area contributed by atoms with Gasteiger partial charge in [-0.1, -0.05) is 46.1 Å². The predicted octanol–water partition coefficient (Wildman–Crippen LogP) is 4.47. The van der Waals surface area contributed by atoms with E-state index in [0.717, 1.165) is 10.5 Å². The summed E-state index contributed by atoms with van der Waals surface area (Å²) in [5, 5.41) is 0.302. The van der Waals surface area contributed by atoms with Crippen LogP contribution in [-0.4, -0.2) is 16.2 Å². The smallest absolute Gasteiger partial charge is 0.252 e. The summed E-state index contributed by atoms with van der Waals surface area (Å²) in [6.07, 6.45) is 0.642. The maximum absolute atomic E-state index is 14.8. The van der Waals surface area contributed by atoms with E-state index in [-0.39, 0.29) is 5.11 Å². The van der Waals surface area contributed by atoms with Gasteiger partial charge in [-0.2, -0.15) is 4.39 Å². The van der Waals surface area contributed by atoms with Crippen LogP contribution in [0.15, 0.2) is 58.4 Å². The number of nitrogens with zero attached hydrogens (tertiary/aromatic N) is 1. The first-order chi connectivity index (χ1) is 11.0. The minimum Gasteiger partial charge on any atom is -0.376 e. The van der Waals surface area contributed by atoms with Crippen molar-refractivity contribution < 1.29 is 4.39 Å². The van der Waals surface area contributed by atoms with Gasteiger partial charge in [0, 0.05) is 15.7 Å². The molecule has 0 aliphatic carbocycles. The molecule has 1 atom stereocenters. The van der Waals surface area contributed by atoms with Gasteiger partial charge in [0.2, 0.25) is 0 Å². The van der Waals surface area contributed by atoms with E-state index in [1.165, 1.54) is 0 Å². The molecular weight excluding hydrogens is 353 g/mol. The largest absolute Gasteiger partial charge is 0.376 e. The fraction of sp³-hybridized carbons (Fsp3) is 0.125. The molecule has 2 aromatic rings. The van der Waals surface area contributed by atoms with Gasteiger partial charge in [-0.05, 0) is 48.5 Å². The second-order valence-corrected chi connectivity index (χ2v) is 8.87. The SMILES string of the molecule is NC(=S)NS1(CCc2cccc(Cl)c2)C(F)=Nc2ccccc21. The van der Waals surface area contributed by atoms with Crippen LogP contribution in [0.2, 0.25) is 5.02 Å². The molecule has 1 aliphatic rings. The number of rotatable bonds is 4. The van der Waals surface area contributed by atoms with E-state index in [4.69, 9.17) is 29.6 Å². The van der Waals surface area contributed by atoms with Crippen molar-refractivity contribution >= 4 is 50.1 Å². The molecule has 0 fully saturated rings. The second-order valence-electron chi connectivity index (χ2n) is 5.12. The Morgan fingerprint density at radius 3 is 2.78 bits per heavy atom. The van der Waals surface area contributed by atoms with Gasteiger partial charge < -0.3 is 10.5 Å². The average Bonchev–Trinajstić information content (AvgIpc) is 2.78. The minimum absolute atomic E-state index is 0.0770. The van der Waals surface area contributed by atoms with Crippen LogP contribution in [0.5, 0.6) is 0 Å². The summed E-state index contributed by atoms with van der Waals surface area (Å²) >= 11 is 11.0. The molecule has 0 aromatic heterocycles. The van der Waals surface area contributed by atoms with Crippen molar-refractivity contribution in [1.29, 1.82) is 0 Å². The summed E-state index contributed by atoms with van der Waals surface area (Å²) in [5.74, 6) is 0.511. The zero-order valence-electron chi connectivity index (χ0n) is 12.1. The lowest BCUT2D eigenvalue weighted by Crippen LogP contribution is -2.36. The third kappa shape index (κ3) is 3.20. The van der Waals surface area contributed by atoms with E-state index >= 15 is 0 Å². The highest BCUT2D eigenvalue weighted by atomic mass is 35.5. The molecule has 0 bridgehead atoms. The number of hydrogen-bond donors (Lipinski definition) is 2. The Kier molecular flexibility index (Phi) is 4.57. The molecule has 3 nitrogen and oxygen atoms in total. The van der Waals surface area contributed by atoms with Crippen LogP contribution in [0.25, 0.3) is 0 Å². The van der Waals surface area contributed by atoms with E-state index in [9.17, 15) is 4.39 Å². The van der Waals surface area contributed by atoms with Gasteiger partial charge in [0.05, 0.1) is 5.69 Å². The van der Waals surface area contributed by atoms with Crippen molar-refractivity contribution in [3.63, 3.8) is 0 Å². The third-order valence-electron chi connectivity index (χ3n) is 3.60. The van der Waals surface area contributed by atoms with Gasteiger partial charge in [-0.25, -0.2) is 4.99 Å². The van der Waals surface area contributed by atoms with Crippen molar-refractivity contribution in [2.24, 2.45) is 10.7 Å². The highest BCUT2D eigenvalue weighted by Crippen LogP contribution is 2.62. The maximum Gasteiger partial charge on any atom is 0.252 e. The predicted molar refractivity (Wildman–Crippen MR) is 100 cm³/mol. The van der Waals surface area contributed by atoms with Crippen LogP contribution in [0.1, 0.15) is 5.56 Å². The Morgan fingerprint density at radius 2 is 2.04 bits per heavy atom. The monoisotopic (exact) mass is 367 g/mol. The molecule has 3 rings (SSSR count). The van der Waals surface area contributed by atoms with Crippen molar-refractivity contribution in [3.8, 4) is 0 Å². The van der Waals surface area contributed by atoms with Crippen molar-refractivity contribution in [2.75, 3.05) is 5.75 Å². The molecule has 0 spiro atoms. The molecular formula is C16H15ClFN3S2. The number of nitrogens with one attached hydrogen (secondary N) is 1. The Bertz CT molecular complexity index is 796. The standard InChI is InChI=1S/C16H15ClFN3S2/c17-12-5-3-4-11(10-12)8-9-23(21-16(19)22)14-7-2-1-6-13(14)20-15(23)18/h1-7,10H,8-9H2,(H3,19,21,22). The Labute approximate surface area is 146 Å². The normalized spacial score (nSPS) is 21.9. The third-order valence-corrected chi connectivity index (χ3v) is 7.21. The van der Waals surface area contributed by atoms with Crippen molar-refractivity contribution in [3.05, 3.63) is 59.1 Å². The quantitative estimate of drug-likeness (QED) is 0.784. The number of aliphatic imine (C=N–C) groups is 1. The molecule has 120 valence electrons. The highest BCUT2D eigenvalue weighted by Gasteiger charge is 2.39. The molecule has 0 saturated carbocycles. The Hall–Kier alpha value is -1.63. The van der Waals surface area contributed by atoms with E-state index in [0.29, 0.717) is 22.9 Å². The van der Waals surface area contributed by atoms with Gasteiger partial charge in [-0.15, -0.1) is 0 Å². The molecule has 7 heteroatoms. The fourth-order valence-electron chi connectivity index (χ4n) is 2.58. The summed E-state index contributed by atoms with van der Waals surface area (Å²) in [4.78, 5) is 4.90. The van der Waals surface area contributed by atoms with Gasteiger partial charge >= 0.3 is 0 Å². The summed E-state index contributed by atoms with van der Waals surface area (Å²) in [6.45, 7) is 0. The maximum atomic E-state index is 14.8. The summed E-state index contributed by atoms with van der Waals surface area (Å²) < 4.78 is 17.8. The Balaban J connectivity index is 1.95. The fourth-order valence-corrected chi connectivity index (χ4v) is 6.01. The zero-order valence-corrected chi connectivity index (χ0v) is 14.5. The van der Waals surface area contributed by atoms with Gasteiger partial charge in [-0.3, -0.25) is 0 Å². The molecule has 0 saturated heterocycles. The number of benzene rings is 2. The molecule has 2 aromatic carbocycles.